The standard InChI is InChI=1S/C13H8N2O4S/c1-7-12(10(6-14)15-2)9-5-8(13(16)17)3-4-11(9)20(7,18)19/h3-5,7H,1H3,(H,16,17)/b12-10+. The largest absolute Gasteiger partial charge is 0.478 e. The van der Waals surface area contributed by atoms with E-state index in [-0.39, 0.29) is 27.3 Å². The molecule has 1 aliphatic heterocycles. The van der Waals surface area contributed by atoms with E-state index in [9.17, 15) is 13.2 Å². The third-order valence-corrected chi connectivity index (χ3v) is 5.30. The molecule has 7 heteroatoms. The number of rotatable bonds is 1. The topological polar surface area (TPSA) is 99.6 Å². The van der Waals surface area contributed by atoms with Gasteiger partial charge in [-0.15, -0.1) is 0 Å². The zero-order chi connectivity index (χ0) is 15.1. The predicted molar refractivity (Wildman–Crippen MR) is 69.2 cm³/mol. The predicted octanol–water partition coefficient (Wildman–Crippen LogP) is 1.71. The van der Waals surface area contributed by atoms with Crippen molar-refractivity contribution < 1.29 is 18.3 Å². The lowest BCUT2D eigenvalue weighted by Gasteiger charge is -2.04. The molecule has 1 aliphatic rings. The summed E-state index contributed by atoms with van der Waals surface area (Å²) in [5.41, 5.74) is -0.222. The number of aromatic carboxylic acids is 1. The van der Waals surface area contributed by atoms with Gasteiger partial charge in [0.05, 0.1) is 28.4 Å². The summed E-state index contributed by atoms with van der Waals surface area (Å²) in [6.07, 6.45) is 0. The Labute approximate surface area is 115 Å². The summed E-state index contributed by atoms with van der Waals surface area (Å²) in [4.78, 5) is 14.0. The molecule has 0 radical (unpaired) electrons. The molecule has 0 saturated heterocycles. The van der Waals surface area contributed by atoms with Crippen LogP contribution in [0.5, 0.6) is 0 Å². The van der Waals surface area contributed by atoms with Crippen molar-refractivity contribution in [1.82, 2.24) is 0 Å². The minimum atomic E-state index is -3.69. The monoisotopic (exact) mass is 288 g/mol. The van der Waals surface area contributed by atoms with E-state index >= 15 is 0 Å². The summed E-state index contributed by atoms with van der Waals surface area (Å²) >= 11 is 0. The van der Waals surface area contributed by atoms with Gasteiger partial charge in [0.2, 0.25) is 0 Å². The average molecular weight is 288 g/mol. The summed E-state index contributed by atoms with van der Waals surface area (Å²) in [5, 5.41) is 16.9. The lowest BCUT2D eigenvalue weighted by atomic mass is 9.99. The van der Waals surface area contributed by atoms with Crippen LogP contribution in [0.3, 0.4) is 0 Å². The molecule has 0 fully saturated rings. The van der Waals surface area contributed by atoms with E-state index in [0.717, 1.165) is 0 Å². The molecular weight excluding hydrogens is 280 g/mol. The van der Waals surface area contributed by atoms with Gasteiger partial charge in [-0.2, -0.15) is 0 Å². The molecule has 0 amide bonds. The van der Waals surface area contributed by atoms with Crippen LogP contribution in [0.15, 0.2) is 28.8 Å². The van der Waals surface area contributed by atoms with Gasteiger partial charge in [0.15, 0.2) is 9.84 Å². The Bertz CT molecular complexity index is 822. The van der Waals surface area contributed by atoms with E-state index in [1.165, 1.54) is 25.1 Å². The number of carboxylic acid groups (broad SMARTS) is 1. The first-order valence-corrected chi connectivity index (χ1v) is 7.02. The Morgan fingerprint density at radius 1 is 1.50 bits per heavy atom. The Hall–Kier alpha value is -2.64. The number of carboxylic acids is 1. The molecule has 100 valence electrons. The second-order valence-corrected chi connectivity index (χ2v) is 6.43. The lowest BCUT2D eigenvalue weighted by Crippen LogP contribution is -2.11. The summed E-state index contributed by atoms with van der Waals surface area (Å²) in [7, 11) is -3.69. The van der Waals surface area contributed by atoms with Gasteiger partial charge < -0.3 is 5.11 Å². The zero-order valence-corrected chi connectivity index (χ0v) is 11.1. The minimum Gasteiger partial charge on any atom is -0.478 e. The highest BCUT2D eigenvalue weighted by Gasteiger charge is 2.40. The summed E-state index contributed by atoms with van der Waals surface area (Å²) < 4.78 is 24.4. The van der Waals surface area contributed by atoms with Crippen LogP contribution in [0.2, 0.25) is 0 Å². The van der Waals surface area contributed by atoms with Gasteiger partial charge >= 0.3 is 5.97 Å². The number of nitrogens with zero attached hydrogens (tertiary/aromatic N) is 2. The molecule has 0 spiro atoms. The highest BCUT2D eigenvalue weighted by molar-refractivity contribution is 7.93. The number of hydrogen-bond donors (Lipinski definition) is 1. The average Bonchev–Trinajstić information content (AvgIpc) is 2.61. The van der Waals surface area contributed by atoms with E-state index in [4.69, 9.17) is 16.9 Å². The van der Waals surface area contributed by atoms with Crippen molar-refractivity contribution >= 4 is 21.4 Å². The fourth-order valence-corrected chi connectivity index (χ4v) is 3.81. The maximum atomic E-state index is 12.2. The molecule has 1 aromatic rings. The SMILES string of the molecule is [C-]#[N+]/C(C#N)=C1/c2cc(C(=O)O)ccc2S(=O)(=O)C1C. The third kappa shape index (κ3) is 1.77. The van der Waals surface area contributed by atoms with Gasteiger partial charge in [0.25, 0.3) is 5.70 Å². The molecule has 1 N–H and O–H groups in total. The Kier molecular flexibility index (Phi) is 3.09. The third-order valence-electron chi connectivity index (χ3n) is 3.17. The van der Waals surface area contributed by atoms with Crippen molar-refractivity contribution in [3.63, 3.8) is 0 Å². The fourth-order valence-electron chi connectivity index (χ4n) is 2.15. The number of carbonyl (C=O) groups is 1. The highest BCUT2D eigenvalue weighted by atomic mass is 32.2. The zero-order valence-electron chi connectivity index (χ0n) is 10.3. The molecule has 6 nitrogen and oxygen atoms in total. The first-order valence-electron chi connectivity index (χ1n) is 5.48. The van der Waals surface area contributed by atoms with E-state index in [0.29, 0.717) is 0 Å². The molecule has 20 heavy (non-hydrogen) atoms. The van der Waals surface area contributed by atoms with Gasteiger partial charge in [-0.05, 0) is 36.3 Å². The number of sulfone groups is 1. The number of allylic oxidation sites excluding steroid dienone is 1. The second-order valence-electron chi connectivity index (χ2n) is 4.19. The van der Waals surface area contributed by atoms with Crippen LogP contribution in [0, 0.1) is 17.9 Å². The van der Waals surface area contributed by atoms with E-state index < -0.39 is 21.1 Å². The molecule has 1 heterocycles. The first-order chi connectivity index (χ1) is 9.34. The van der Waals surface area contributed by atoms with Crippen molar-refractivity contribution in [2.75, 3.05) is 0 Å². The van der Waals surface area contributed by atoms with Crippen molar-refractivity contribution in [2.24, 2.45) is 0 Å². The second kappa shape index (κ2) is 4.48. The van der Waals surface area contributed by atoms with Crippen LogP contribution < -0.4 is 0 Å². The van der Waals surface area contributed by atoms with Crippen LogP contribution in [-0.4, -0.2) is 24.7 Å². The Balaban J connectivity index is 2.91. The molecule has 2 rings (SSSR count). The molecule has 1 unspecified atom stereocenters. The maximum Gasteiger partial charge on any atom is 0.335 e. The van der Waals surface area contributed by atoms with Crippen molar-refractivity contribution in [2.45, 2.75) is 17.1 Å². The van der Waals surface area contributed by atoms with Gasteiger partial charge in [-0.1, -0.05) is 0 Å². The van der Waals surface area contributed by atoms with Crippen molar-refractivity contribution in [3.05, 3.63) is 46.4 Å². The first kappa shape index (κ1) is 13.8. The van der Waals surface area contributed by atoms with Gasteiger partial charge in [-0.3, -0.25) is 0 Å². The van der Waals surface area contributed by atoms with Gasteiger partial charge in [0, 0.05) is 0 Å². The summed E-state index contributed by atoms with van der Waals surface area (Å²) in [5.74, 6) is -1.20. The molecule has 0 bridgehead atoms. The van der Waals surface area contributed by atoms with E-state index in [2.05, 4.69) is 4.85 Å². The number of benzene rings is 1. The van der Waals surface area contributed by atoms with Crippen LogP contribution in [0.25, 0.3) is 10.4 Å². The smallest absolute Gasteiger partial charge is 0.335 e. The minimum absolute atomic E-state index is 0.0404. The van der Waals surface area contributed by atoms with E-state index in [1.54, 1.807) is 6.07 Å². The number of fused-ring (bicyclic) bond motifs is 1. The Morgan fingerprint density at radius 2 is 2.15 bits per heavy atom. The summed E-state index contributed by atoms with van der Waals surface area (Å²) in [6, 6.07) is 5.25. The van der Waals surface area contributed by atoms with Gasteiger partial charge in [0.1, 0.15) is 0 Å². The van der Waals surface area contributed by atoms with Crippen molar-refractivity contribution in [1.29, 1.82) is 5.26 Å². The normalized spacial score (nSPS) is 21.4. The van der Waals surface area contributed by atoms with Crippen LogP contribution in [-0.2, 0) is 9.84 Å². The quantitative estimate of drug-likeness (QED) is 0.626. The van der Waals surface area contributed by atoms with E-state index in [1.807, 2.05) is 0 Å². The fraction of sp³-hybridized carbons (Fsp3) is 0.154. The Morgan fingerprint density at radius 3 is 2.65 bits per heavy atom. The van der Waals surface area contributed by atoms with Gasteiger partial charge in [-0.25, -0.2) is 23.3 Å². The maximum absolute atomic E-state index is 12.2. The molecular formula is C13H8N2O4S. The number of nitriles is 1. The lowest BCUT2D eigenvalue weighted by molar-refractivity contribution is 0.0696. The summed E-state index contributed by atoms with van der Waals surface area (Å²) in [6.45, 7) is 8.34. The van der Waals surface area contributed by atoms with Crippen LogP contribution in [0.1, 0.15) is 22.8 Å². The number of hydrogen-bond acceptors (Lipinski definition) is 4. The van der Waals surface area contributed by atoms with Crippen LogP contribution >= 0.6 is 0 Å². The highest BCUT2D eigenvalue weighted by Crippen LogP contribution is 2.42. The van der Waals surface area contributed by atoms with Crippen LogP contribution in [0.4, 0.5) is 0 Å². The molecule has 0 aliphatic carbocycles. The molecule has 0 aromatic heterocycles. The molecule has 0 saturated carbocycles. The van der Waals surface area contributed by atoms with Crippen molar-refractivity contribution in [3.8, 4) is 6.07 Å². The molecule has 1 aromatic carbocycles. The molecule has 1 atom stereocenters.